The molecule has 0 fully saturated rings. The Balaban J connectivity index is 1.68. The van der Waals surface area contributed by atoms with Crippen LogP contribution in [0.15, 0.2) is 82.7 Å². The number of ketones is 1. The SMILES string of the molecule is COc1cc(Cl)cc2cc(C(=O)C3=C(O)C(=O)N(c4ccccc4C)C3c3cccnc3)oc12. The van der Waals surface area contributed by atoms with Crippen LogP contribution in [0.1, 0.15) is 27.7 Å². The number of halogens is 1. The molecule has 34 heavy (non-hydrogen) atoms. The third kappa shape index (κ3) is 3.41. The van der Waals surface area contributed by atoms with E-state index in [4.69, 9.17) is 20.8 Å². The fourth-order valence-corrected chi connectivity index (χ4v) is 4.47. The molecule has 8 heteroatoms. The van der Waals surface area contributed by atoms with Crippen molar-refractivity contribution in [3.8, 4) is 5.75 Å². The normalized spacial score (nSPS) is 15.9. The van der Waals surface area contributed by atoms with Gasteiger partial charge in [-0.2, -0.15) is 0 Å². The molecule has 2 aromatic heterocycles. The molecule has 0 aliphatic carbocycles. The van der Waals surface area contributed by atoms with Crippen LogP contribution in [0, 0.1) is 6.92 Å². The van der Waals surface area contributed by atoms with Crippen LogP contribution in [0.2, 0.25) is 5.02 Å². The lowest BCUT2D eigenvalue weighted by molar-refractivity contribution is -0.117. The number of fused-ring (bicyclic) bond motifs is 1. The highest BCUT2D eigenvalue weighted by Gasteiger charge is 2.45. The maximum absolute atomic E-state index is 13.7. The van der Waals surface area contributed by atoms with Gasteiger partial charge in [0.2, 0.25) is 5.78 Å². The molecular formula is C26H19ClN2O5. The van der Waals surface area contributed by atoms with Gasteiger partial charge in [0.25, 0.3) is 5.91 Å². The van der Waals surface area contributed by atoms with E-state index in [1.165, 1.54) is 18.1 Å². The zero-order valence-corrected chi connectivity index (χ0v) is 19.0. The average molecular weight is 475 g/mol. The van der Waals surface area contributed by atoms with Gasteiger partial charge in [0.15, 0.2) is 22.9 Å². The molecule has 1 amide bonds. The fourth-order valence-electron chi connectivity index (χ4n) is 4.25. The molecule has 0 radical (unpaired) electrons. The van der Waals surface area contributed by atoms with Crippen LogP contribution in [0.4, 0.5) is 5.69 Å². The van der Waals surface area contributed by atoms with E-state index in [2.05, 4.69) is 4.98 Å². The summed E-state index contributed by atoms with van der Waals surface area (Å²) in [5.74, 6) is -1.61. The van der Waals surface area contributed by atoms with Crippen molar-refractivity contribution in [3.05, 3.63) is 100 Å². The molecule has 170 valence electrons. The van der Waals surface area contributed by atoms with Crippen LogP contribution >= 0.6 is 11.6 Å². The number of methoxy groups -OCH3 is 1. The molecule has 1 unspecified atom stereocenters. The van der Waals surface area contributed by atoms with Gasteiger partial charge in [0, 0.05) is 34.6 Å². The number of para-hydroxylation sites is 1. The van der Waals surface area contributed by atoms with E-state index in [1.807, 2.05) is 19.1 Å². The number of carbonyl (C=O) groups excluding carboxylic acids is 2. The Morgan fingerprint density at radius 1 is 1.18 bits per heavy atom. The molecule has 0 saturated heterocycles. The Kier molecular flexibility index (Phi) is 5.34. The predicted molar refractivity (Wildman–Crippen MR) is 127 cm³/mol. The molecule has 5 rings (SSSR count). The maximum atomic E-state index is 13.7. The largest absolute Gasteiger partial charge is 0.503 e. The minimum Gasteiger partial charge on any atom is -0.503 e. The molecule has 4 aromatic rings. The van der Waals surface area contributed by atoms with Gasteiger partial charge in [0.05, 0.1) is 18.7 Å². The van der Waals surface area contributed by atoms with E-state index in [-0.39, 0.29) is 11.3 Å². The monoisotopic (exact) mass is 474 g/mol. The number of aryl methyl sites for hydroxylation is 1. The molecule has 1 N–H and O–H groups in total. The first-order valence-electron chi connectivity index (χ1n) is 10.4. The van der Waals surface area contributed by atoms with Crippen molar-refractivity contribution < 1.29 is 23.8 Å². The number of hydrogen-bond acceptors (Lipinski definition) is 6. The first-order valence-corrected chi connectivity index (χ1v) is 10.8. The highest BCUT2D eigenvalue weighted by molar-refractivity contribution is 6.31. The van der Waals surface area contributed by atoms with Gasteiger partial charge < -0.3 is 14.3 Å². The number of anilines is 1. The van der Waals surface area contributed by atoms with E-state index in [0.29, 0.717) is 33.0 Å². The summed E-state index contributed by atoms with van der Waals surface area (Å²) in [5, 5.41) is 11.9. The Bertz CT molecular complexity index is 1480. The van der Waals surface area contributed by atoms with Gasteiger partial charge in [-0.15, -0.1) is 0 Å². The van der Waals surface area contributed by atoms with E-state index in [9.17, 15) is 14.7 Å². The molecular weight excluding hydrogens is 456 g/mol. The summed E-state index contributed by atoms with van der Waals surface area (Å²) < 4.78 is 11.1. The molecule has 1 aliphatic heterocycles. The number of furan rings is 1. The summed E-state index contributed by atoms with van der Waals surface area (Å²) in [4.78, 5) is 32.6. The number of benzene rings is 2. The fraction of sp³-hybridized carbons (Fsp3) is 0.115. The quantitative estimate of drug-likeness (QED) is 0.379. The Morgan fingerprint density at radius 3 is 2.68 bits per heavy atom. The number of pyridine rings is 1. The lowest BCUT2D eigenvalue weighted by Crippen LogP contribution is -2.31. The lowest BCUT2D eigenvalue weighted by Gasteiger charge is -2.27. The molecule has 1 aliphatic rings. The van der Waals surface area contributed by atoms with Crippen molar-refractivity contribution in [3.63, 3.8) is 0 Å². The van der Waals surface area contributed by atoms with Crippen LogP contribution in [0.3, 0.4) is 0 Å². The number of rotatable bonds is 5. The number of aliphatic hydroxyl groups excluding tert-OH is 1. The standard InChI is InChI=1S/C26H19ClN2O5/c1-14-6-3-4-8-18(14)29-22(15-7-5-9-28-13-15)21(24(31)26(29)32)23(30)19-11-16-10-17(27)12-20(33-2)25(16)34-19/h3-13,22,31H,1-2H3. The van der Waals surface area contributed by atoms with Crippen LogP contribution < -0.4 is 9.64 Å². The van der Waals surface area contributed by atoms with E-state index >= 15 is 0 Å². The van der Waals surface area contributed by atoms with Crippen molar-refractivity contribution in [1.82, 2.24) is 4.98 Å². The van der Waals surface area contributed by atoms with Crippen molar-refractivity contribution in [2.75, 3.05) is 12.0 Å². The number of aromatic nitrogens is 1. The first kappa shape index (κ1) is 21.7. The Morgan fingerprint density at radius 2 is 1.97 bits per heavy atom. The summed E-state index contributed by atoms with van der Waals surface area (Å²) in [6.07, 6.45) is 3.16. The minimum atomic E-state index is -0.895. The highest BCUT2D eigenvalue weighted by Crippen LogP contribution is 2.43. The third-order valence-electron chi connectivity index (χ3n) is 5.82. The summed E-state index contributed by atoms with van der Waals surface area (Å²) in [6, 6.07) is 14.6. The number of amides is 1. The van der Waals surface area contributed by atoms with Crippen molar-refractivity contribution in [1.29, 1.82) is 0 Å². The topological polar surface area (TPSA) is 92.9 Å². The second kappa shape index (κ2) is 8.35. The Labute approximate surface area is 199 Å². The van der Waals surface area contributed by atoms with E-state index in [1.54, 1.807) is 48.8 Å². The molecule has 0 bridgehead atoms. The molecule has 1 atom stereocenters. The van der Waals surface area contributed by atoms with Crippen molar-refractivity contribution in [2.24, 2.45) is 0 Å². The van der Waals surface area contributed by atoms with E-state index < -0.39 is 23.5 Å². The number of aliphatic hydroxyl groups is 1. The van der Waals surface area contributed by atoms with Gasteiger partial charge in [-0.3, -0.25) is 19.5 Å². The van der Waals surface area contributed by atoms with Gasteiger partial charge in [-0.1, -0.05) is 35.9 Å². The zero-order chi connectivity index (χ0) is 24.0. The van der Waals surface area contributed by atoms with Gasteiger partial charge in [-0.25, -0.2) is 0 Å². The second-order valence-corrected chi connectivity index (χ2v) is 8.32. The van der Waals surface area contributed by atoms with Gasteiger partial charge in [-0.05, 0) is 42.3 Å². The Hall–Kier alpha value is -4.10. The number of ether oxygens (including phenoxy) is 1. The van der Waals surface area contributed by atoms with Crippen molar-refractivity contribution in [2.45, 2.75) is 13.0 Å². The van der Waals surface area contributed by atoms with Crippen LogP contribution in [-0.2, 0) is 4.79 Å². The first-order chi connectivity index (χ1) is 16.4. The predicted octanol–water partition coefficient (Wildman–Crippen LogP) is 5.58. The van der Waals surface area contributed by atoms with Crippen LogP contribution in [0.25, 0.3) is 11.0 Å². The third-order valence-corrected chi connectivity index (χ3v) is 6.04. The van der Waals surface area contributed by atoms with Crippen molar-refractivity contribution >= 4 is 39.9 Å². The number of hydrogen-bond donors (Lipinski definition) is 1. The maximum Gasteiger partial charge on any atom is 0.294 e. The van der Waals surface area contributed by atoms with E-state index in [0.717, 1.165) is 5.56 Å². The van der Waals surface area contributed by atoms with Gasteiger partial charge in [0.1, 0.15) is 0 Å². The van der Waals surface area contributed by atoms with Gasteiger partial charge >= 0.3 is 0 Å². The minimum absolute atomic E-state index is 0.0505. The number of nitrogens with zero attached hydrogens (tertiary/aromatic N) is 2. The molecule has 0 spiro atoms. The smallest absolute Gasteiger partial charge is 0.294 e. The molecule has 3 heterocycles. The van der Waals surface area contributed by atoms with Crippen LogP contribution in [-0.4, -0.2) is 28.9 Å². The second-order valence-electron chi connectivity index (χ2n) is 7.88. The lowest BCUT2D eigenvalue weighted by atomic mass is 9.95. The molecule has 2 aromatic carbocycles. The summed E-state index contributed by atoms with van der Waals surface area (Å²) in [7, 11) is 1.47. The average Bonchev–Trinajstić information content (AvgIpc) is 3.38. The summed E-state index contributed by atoms with van der Waals surface area (Å²) in [6.45, 7) is 1.86. The molecule has 0 saturated carbocycles. The number of carbonyl (C=O) groups is 2. The number of Topliss-reactive ketones (excluding diaryl/α,β-unsaturated/α-hetero) is 1. The molecule has 7 nitrogen and oxygen atoms in total. The summed E-state index contributed by atoms with van der Waals surface area (Å²) in [5.41, 5.74) is 2.21. The van der Waals surface area contributed by atoms with Crippen LogP contribution in [0.5, 0.6) is 5.75 Å². The summed E-state index contributed by atoms with van der Waals surface area (Å²) >= 11 is 6.15. The highest BCUT2D eigenvalue weighted by atomic mass is 35.5. The zero-order valence-electron chi connectivity index (χ0n) is 18.3.